The first kappa shape index (κ1) is 18.1. The zero-order chi connectivity index (χ0) is 19.8. The van der Waals surface area contributed by atoms with Gasteiger partial charge in [-0.25, -0.2) is 4.39 Å². The Morgan fingerprint density at radius 2 is 1.66 bits per heavy atom. The fraction of sp³-hybridized carbons (Fsp3) is 0.292. The molecule has 1 atom stereocenters. The molecule has 3 aliphatic rings. The summed E-state index contributed by atoms with van der Waals surface area (Å²) in [6.07, 6.45) is 6.39. The molecule has 2 aromatic carbocycles. The van der Waals surface area contributed by atoms with Crippen molar-refractivity contribution in [2.45, 2.75) is 6.04 Å². The molecule has 2 aromatic rings. The first-order chi connectivity index (χ1) is 14.2. The number of anilines is 1. The van der Waals surface area contributed by atoms with Crippen LogP contribution in [0.5, 0.6) is 0 Å². The SMILES string of the molecule is CN1CCN(c2ccc(C3=CC4=NCC(c5ccc(F)cc5)N4C=C3)cc2)CC1. The number of likely N-dealkylation sites (N-methyl/N-ethyl adjacent to an activating group) is 1. The number of aliphatic imine (C=N–C) groups is 1. The third-order valence-corrected chi connectivity index (χ3v) is 6.05. The van der Waals surface area contributed by atoms with E-state index in [0.717, 1.165) is 37.6 Å². The van der Waals surface area contributed by atoms with Crippen LogP contribution >= 0.6 is 0 Å². The average Bonchev–Trinajstić information content (AvgIpc) is 3.18. The van der Waals surface area contributed by atoms with Gasteiger partial charge in [-0.3, -0.25) is 4.99 Å². The number of rotatable bonds is 3. The van der Waals surface area contributed by atoms with Crippen molar-refractivity contribution in [1.29, 1.82) is 0 Å². The van der Waals surface area contributed by atoms with Crippen LogP contribution in [0.3, 0.4) is 0 Å². The number of allylic oxidation sites excluding steroid dienone is 2. The predicted octanol–water partition coefficient (Wildman–Crippen LogP) is 3.94. The highest BCUT2D eigenvalue weighted by atomic mass is 19.1. The van der Waals surface area contributed by atoms with Gasteiger partial charge in [0.1, 0.15) is 11.7 Å². The van der Waals surface area contributed by atoms with E-state index in [4.69, 9.17) is 4.99 Å². The van der Waals surface area contributed by atoms with Crippen molar-refractivity contribution >= 4 is 17.1 Å². The molecule has 0 bridgehead atoms. The lowest BCUT2D eigenvalue weighted by atomic mass is 10.0. The molecule has 0 amide bonds. The summed E-state index contributed by atoms with van der Waals surface area (Å²) >= 11 is 0. The average molecular weight is 388 g/mol. The Hall–Kier alpha value is -2.92. The molecule has 1 unspecified atom stereocenters. The number of hydrogen-bond donors (Lipinski definition) is 0. The summed E-state index contributed by atoms with van der Waals surface area (Å²) in [4.78, 5) is 11.7. The number of fused-ring (bicyclic) bond motifs is 1. The topological polar surface area (TPSA) is 22.1 Å². The molecule has 5 heteroatoms. The molecule has 0 aliphatic carbocycles. The lowest BCUT2D eigenvalue weighted by Crippen LogP contribution is -2.44. The number of halogens is 1. The first-order valence-corrected chi connectivity index (χ1v) is 10.2. The van der Waals surface area contributed by atoms with Gasteiger partial charge in [-0.1, -0.05) is 24.3 Å². The minimum Gasteiger partial charge on any atom is -0.369 e. The Kier molecular flexibility index (Phi) is 4.68. The van der Waals surface area contributed by atoms with Gasteiger partial charge in [0.25, 0.3) is 0 Å². The Balaban J connectivity index is 1.31. The number of amidine groups is 1. The maximum absolute atomic E-state index is 13.2. The normalized spacial score (nSPS) is 21.8. The standard InChI is InChI=1S/C24H25FN4/c1-27-12-14-28(15-13-27)22-8-4-18(5-9-22)20-10-11-29-23(17-26-24(29)16-20)19-2-6-21(25)7-3-19/h2-11,16,23H,12-15,17H2,1H3. The van der Waals surface area contributed by atoms with Crippen LogP contribution in [-0.2, 0) is 0 Å². The Morgan fingerprint density at radius 3 is 2.38 bits per heavy atom. The highest BCUT2D eigenvalue weighted by molar-refractivity contribution is 6.04. The van der Waals surface area contributed by atoms with E-state index in [-0.39, 0.29) is 11.9 Å². The lowest BCUT2D eigenvalue weighted by molar-refractivity contribution is 0.313. The molecule has 0 radical (unpaired) electrons. The van der Waals surface area contributed by atoms with E-state index in [1.165, 1.54) is 29.0 Å². The minimum absolute atomic E-state index is 0.138. The van der Waals surface area contributed by atoms with Crippen LogP contribution in [-0.4, -0.2) is 55.4 Å². The molecular formula is C24H25FN4. The van der Waals surface area contributed by atoms with Crippen LogP contribution in [0.1, 0.15) is 17.2 Å². The Morgan fingerprint density at radius 1 is 0.931 bits per heavy atom. The first-order valence-electron chi connectivity index (χ1n) is 10.2. The molecule has 29 heavy (non-hydrogen) atoms. The molecule has 148 valence electrons. The molecule has 0 aromatic heterocycles. The summed E-state index contributed by atoms with van der Waals surface area (Å²) in [7, 11) is 2.18. The van der Waals surface area contributed by atoms with Crippen molar-refractivity contribution in [1.82, 2.24) is 9.80 Å². The molecular weight excluding hydrogens is 363 g/mol. The van der Waals surface area contributed by atoms with E-state index in [2.05, 4.69) is 64.4 Å². The Labute approximate surface area is 171 Å². The quantitative estimate of drug-likeness (QED) is 0.795. The largest absolute Gasteiger partial charge is 0.369 e. The monoisotopic (exact) mass is 388 g/mol. The van der Waals surface area contributed by atoms with Gasteiger partial charge in [0.05, 0.1) is 12.6 Å². The molecule has 3 aliphatic heterocycles. The summed E-state index contributed by atoms with van der Waals surface area (Å²) in [5, 5.41) is 0. The number of nitrogens with zero attached hydrogens (tertiary/aromatic N) is 4. The second-order valence-corrected chi connectivity index (χ2v) is 7.93. The highest BCUT2D eigenvalue weighted by Crippen LogP contribution is 2.32. The summed E-state index contributed by atoms with van der Waals surface area (Å²) in [5.74, 6) is 0.768. The van der Waals surface area contributed by atoms with Crippen LogP contribution in [0.2, 0.25) is 0 Å². The molecule has 1 saturated heterocycles. The van der Waals surface area contributed by atoms with Gasteiger partial charge in [-0.05, 0) is 60.2 Å². The van der Waals surface area contributed by atoms with Crippen molar-refractivity contribution in [2.24, 2.45) is 4.99 Å². The van der Waals surface area contributed by atoms with Gasteiger partial charge in [0, 0.05) is 38.1 Å². The van der Waals surface area contributed by atoms with E-state index in [9.17, 15) is 4.39 Å². The third kappa shape index (κ3) is 3.58. The summed E-state index contributed by atoms with van der Waals surface area (Å²) in [6.45, 7) is 5.07. The molecule has 0 saturated carbocycles. The van der Waals surface area contributed by atoms with E-state index in [1.807, 2.05) is 12.1 Å². The van der Waals surface area contributed by atoms with Crippen molar-refractivity contribution in [2.75, 3.05) is 44.7 Å². The molecule has 5 rings (SSSR count). The fourth-order valence-corrected chi connectivity index (χ4v) is 4.22. The van der Waals surface area contributed by atoms with E-state index < -0.39 is 0 Å². The van der Waals surface area contributed by atoms with Gasteiger partial charge in [0.15, 0.2) is 0 Å². The van der Waals surface area contributed by atoms with Crippen LogP contribution in [0.25, 0.3) is 5.57 Å². The minimum atomic E-state index is -0.204. The summed E-state index contributed by atoms with van der Waals surface area (Å²) < 4.78 is 13.2. The van der Waals surface area contributed by atoms with Crippen LogP contribution < -0.4 is 4.90 Å². The second kappa shape index (κ2) is 7.48. The van der Waals surface area contributed by atoms with Gasteiger partial charge in [0.2, 0.25) is 0 Å². The van der Waals surface area contributed by atoms with E-state index in [1.54, 1.807) is 0 Å². The van der Waals surface area contributed by atoms with Crippen LogP contribution in [0.15, 0.2) is 71.9 Å². The molecule has 4 nitrogen and oxygen atoms in total. The molecule has 0 spiro atoms. The van der Waals surface area contributed by atoms with Gasteiger partial charge >= 0.3 is 0 Å². The predicted molar refractivity (Wildman–Crippen MR) is 117 cm³/mol. The number of piperazine rings is 1. The van der Waals surface area contributed by atoms with E-state index >= 15 is 0 Å². The molecule has 0 N–H and O–H groups in total. The zero-order valence-corrected chi connectivity index (χ0v) is 16.6. The summed E-state index contributed by atoms with van der Waals surface area (Å²) in [5.41, 5.74) is 4.75. The van der Waals surface area contributed by atoms with Crippen molar-refractivity contribution in [3.8, 4) is 0 Å². The van der Waals surface area contributed by atoms with Crippen LogP contribution in [0.4, 0.5) is 10.1 Å². The van der Waals surface area contributed by atoms with Crippen molar-refractivity contribution in [3.05, 3.63) is 83.8 Å². The van der Waals surface area contributed by atoms with Crippen molar-refractivity contribution in [3.63, 3.8) is 0 Å². The Bertz CT molecular complexity index is 967. The second-order valence-electron chi connectivity index (χ2n) is 7.93. The third-order valence-electron chi connectivity index (χ3n) is 6.05. The highest BCUT2D eigenvalue weighted by Gasteiger charge is 2.28. The fourth-order valence-electron chi connectivity index (χ4n) is 4.22. The molecule has 3 heterocycles. The van der Waals surface area contributed by atoms with Gasteiger partial charge < -0.3 is 14.7 Å². The van der Waals surface area contributed by atoms with Crippen LogP contribution in [0, 0.1) is 5.82 Å². The lowest BCUT2D eigenvalue weighted by Gasteiger charge is -2.34. The van der Waals surface area contributed by atoms with Crippen molar-refractivity contribution < 1.29 is 4.39 Å². The number of benzene rings is 2. The summed E-state index contributed by atoms with van der Waals surface area (Å²) in [6, 6.07) is 15.7. The number of hydrogen-bond acceptors (Lipinski definition) is 4. The smallest absolute Gasteiger partial charge is 0.128 e. The van der Waals surface area contributed by atoms with Gasteiger partial charge in [-0.2, -0.15) is 0 Å². The van der Waals surface area contributed by atoms with Gasteiger partial charge in [-0.15, -0.1) is 0 Å². The molecule has 1 fully saturated rings. The maximum Gasteiger partial charge on any atom is 0.128 e. The van der Waals surface area contributed by atoms with E-state index in [0.29, 0.717) is 6.54 Å². The maximum atomic E-state index is 13.2. The zero-order valence-electron chi connectivity index (χ0n) is 16.6.